The molecule has 1 amide bonds. The van der Waals surface area contributed by atoms with E-state index < -0.39 is 18.0 Å². The summed E-state index contributed by atoms with van der Waals surface area (Å²) in [6.45, 7) is 0. The summed E-state index contributed by atoms with van der Waals surface area (Å²) in [5.41, 5.74) is 0.170. The number of aromatic nitrogens is 2. The monoisotopic (exact) mass is 289 g/mol. The summed E-state index contributed by atoms with van der Waals surface area (Å²) in [6.07, 6.45) is -0.951. The molecule has 1 fully saturated rings. The number of anilines is 1. The van der Waals surface area contributed by atoms with Crippen molar-refractivity contribution in [3.8, 4) is 0 Å². The van der Waals surface area contributed by atoms with Crippen molar-refractivity contribution in [3.63, 3.8) is 0 Å². The lowest BCUT2D eigenvalue weighted by Gasteiger charge is -2.08. The van der Waals surface area contributed by atoms with Crippen LogP contribution >= 0.6 is 0 Å². The van der Waals surface area contributed by atoms with E-state index in [1.54, 1.807) is 24.3 Å². The van der Waals surface area contributed by atoms with Gasteiger partial charge in [-0.25, -0.2) is 18.7 Å². The molecule has 0 atom stereocenters. The first-order valence-electron chi connectivity index (χ1n) is 6.67. The number of carbonyl (C=O) groups is 1. The van der Waals surface area contributed by atoms with Gasteiger partial charge in [-0.2, -0.15) is 0 Å². The number of hydrogen-bond acceptors (Lipinski definition) is 3. The van der Waals surface area contributed by atoms with Crippen molar-refractivity contribution in [1.29, 1.82) is 0 Å². The summed E-state index contributed by atoms with van der Waals surface area (Å²) < 4.78 is 25.8. The number of nitrogens with one attached hydrogen (secondary N) is 1. The number of alkyl halides is 2. The van der Waals surface area contributed by atoms with Crippen molar-refractivity contribution in [2.75, 3.05) is 5.32 Å². The predicted octanol–water partition coefficient (Wildman–Crippen LogP) is 3.54. The normalized spacial score (nSPS) is 14.2. The molecule has 1 saturated carbocycles. The third-order valence-electron chi connectivity index (χ3n) is 3.19. The van der Waals surface area contributed by atoms with E-state index in [2.05, 4.69) is 15.3 Å². The highest BCUT2D eigenvalue weighted by Gasteiger charge is 2.29. The molecule has 0 saturated heterocycles. The lowest BCUT2D eigenvalue weighted by molar-refractivity contribution is 0.102. The maximum atomic E-state index is 12.9. The Labute approximate surface area is 120 Å². The Morgan fingerprint density at radius 3 is 2.52 bits per heavy atom. The first-order chi connectivity index (χ1) is 10.1. The molecule has 4 nitrogen and oxygen atoms in total. The summed E-state index contributed by atoms with van der Waals surface area (Å²) in [5.74, 6) is -0.0645. The van der Waals surface area contributed by atoms with Crippen molar-refractivity contribution in [2.45, 2.75) is 25.2 Å². The van der Waals surface area contributed by atoms with Crippen LogP contribution in [0, 0.1) is 0 Å². The average Bonchev–Trinajstić information content (AvgIpc) is 3.32. The van der Waals surface area contributed by atoms with Crippen LogP contribution in [0.5, 0.6) is 0 Å². The molecular weight excluding hydrogens is 276 g/mol. The lowest BCUT2D eigenvalue weighted by Crippen LogP contribution is -2.16. The summed E-state index contributed by atoms with van der Waals surface area (Å²) >= 11 is 0. The minimum absolute atomic E-state index is 0.0222. The molecule has 6 heteroatoms. The van der Waals surface area contributed by atoms with E-state index in [0.29, 0.717) is 11.5 Å². The van der Waals surface area contributed by atoms with Gasteiger partial charge in [-0.05, 0) is 31.0 Å². The molecule has 0 spiro atoms. The van der Waals surface area contributed by atoms with Crippen molar-refractivity contribution in [2.24, 2.45) is 0 Å². The average molecular weight is 289 g/mol. The van der Waals surface area contributed by atoms with Gasteiger partial charge in [-0.15, -0.1) is 0 Å². The molecule has 0 aliphatic heterocycles. The highest BCUT2D eigenvalue weighted by Crippen LogP contribution is 2.38. The van der Waals surface area contributed by atoms with Crippen molar-refractivity contribution < 1.29 is 13.6 Å². The van der Waals surface area contributed by atoms with Crippen LogP contribution in [0.25, 0.3) is 0 Å². The molecule has 1 aromatic carbocycles. The number of carbonyl (C=O) groups excluding carboxylic acids is 1. The quantitative estimate of drug-likeness (QED) is 0.936. The molecule has 2 aromatic rings. The van der Waals surface area contributed by atoms with Crippen LogP contribution in [0.2, 0.25) is 0 Å². The number of halogens is 2. The molecule has 0 radical (unpaired) electrons. The number of hydrogen-bond donors (Lipinski definition) is 1. The van der Waals surface area contributed by atoms with Gasteiger partial charge in [0, 0.05) is 11.6 Å². The molecule has 0 unspecified atom stereocenters. The van der Waals surface area contributed by atoms with E-state index in [0.717, 1.165) is 18.9 Å². The topological polar surface area (TPSA) is 54.9 Å². The Kier molecular flexibility index (Phi) is 3.60. The second kappa shape index (κ2) is 5.55. The highest BCUT2D eigenvalue weighted by atomic mass is 19.3. The minimum atomic E-state index is -2.71. The Morgan fingerprint density at radius 2 is 1.90 bits per heavy atom. The fourth-order valence-electron chi connectivity index (χ4n) is 1.95. The van der Waals surface area contributed by atoms with E-state index in [1.807, 2.05) is 6.07 Å². The predicted molar refractivity (Wildman–Crippen MR) is 73.4 cm³/mol. The maximum Gasteiger partial charge on any atom is 0.280 e. The van der Waals surface area contributed by atoms with E-state index >= 15 is 0 Å². The smallest absolute Gasteiger partial charge is 0.280 e. The fourth-order valence-corrected chi connectivity index (χ4v) is 1.95. The third-order valence-corrected chi connectivity index (χ3v) is 3.19. The second-order valence-electron chi connectivity index (χ2n) is 4.93. The van der Waals surface area contributed by atoms with Crippen LogP contribution in [0.1, 0.15) is 47.2 Å². The molecule has 108 valence electrons. The van der Waals surface area contributed by atoms with Gasteiger partial charge in [-0.3, -0.25) is 4.79 Å². The van der Waals surface area contributed by atoms with E-state index in [-0.39, 0.29) is 11.6 Å². The van der Waals surface area contributed by atoms with Gasteiger partial charge in [0.15, 0.2) is 0 Å². The molecular formula is C15H13F2N3O. The number of rotatable bonds is 4. The zero-order valence-corrected chi connectivity index (χ0v) is 11.1. The second-order valence-corrected chi connectivity index (χ2v) is 4.93. The van der Waals surface area contributed by atoms with Crippen LogP contribution in [0.4, 0.5) is 14.5 Å². The molecule has 1 N–H and O–H groups in total. The minimum Gasteiger partial charge on any atom is -0.321 e. The first-order valence-corrected chi connectivity index (χ1v) is 6.67. The Hall–Kier alpha value is -2.37. The molecule has 1 aliphatic carbocycles. The molecule has 21 heavy (non-hydrogen) atoms. The van der Waals surface area contributed by atoms with Crippen LogP contribution in [0.15, 0.2) is 36.4 Å². The van der Waals surface area contributed by atoms with Crippen molar-refractivity contribution in [1.82, 2.24) is 9.97 Å². The van der Waals surface area contributed by atoms with Gasteiger partial charge in [0.25, 0.3) is 12.3 Å². The SMILES string of the molecule is O=C(Nc1ccccc1)c1cc(C(F)F)nc(C2CC2)n1. The van der Waals surface area contributed by atoms with Gasteiger partial charge >= 0.3 is 0 Å². The molecule has 3 rings (SSSR count). The van der Waals surface area contributed by atoms with E-state index in [9.17, 15) is 13.6 Å². The summed E-state index contributed by atoms with van der Waals surface area (Å²) in [7, 11) is 0. The van der Waals surface area contributed by atoms with Gasteiger partial charge in [0.05, 0.1) is 0 Å². The summed E-state index contributed by atoms with van der Waals surface area (Å²) in [6, 6.07) is 9.85. The lowest BCUT2D eigenvalue weighted by atomic mass is 10.2. The Bertz CT molecular complexity index is 637. The fraction of sp³-hybridized carbons (Fsp3) is 0.267. The molecule has 0 bridgehead atoms. The van der Waals surface area contributed by atoms with Gasteiger partial charge < -0.3 is 5.32 Å². The van der Waals surface area contributed by atoms with Crippen LogP contribution < -0.4 is 5.32 Å². The zero-order valence-electron chi connectivity index (χ0n) is 11.1. The summed E-state index contributed by atoms with van der Waals surface area (Å²) in [5, 5.41) is 2.64. The van der Waals surface area contributed by atoms with Gasteiger partial charge in [0.1, 0.15) is 17.2 Å². The van der Waals surface area contributed by atoms with Crippen LogP contribution in [-0.4, -0.2) is 15.9 Å². The number of nitrogens with zero attached hydrogens (tertiary/aromatic N) is 2. The molecule has 1 heterocycles. The number of amides is 1. The first kappa shape index (κ1) is 13.6. The maximum absolute atomic E-state index is 12.9. The van der Waals surface area contributed by atoms with Gasteiger partial charge in [0.2, 0.25) is 0 Å². The Balaban J connectivity index is 1.88. The van der Waals surface area contributed by atoms with E-state index in [4.69, 9.17) is 0 Å². The van der Waals surface area contributed by atoms with Crippen molar-refractivity contribution >= 4 is 11.6 Å². The third kappa shape index (κ3) is 3.21. The highest BCUT2D eigenvalue weighted by molar-refractivity contribution is 6.02. The van der Waals surface area contributed by atoms with Crippen molar-refractivity contribution in [3.05, 3.63) is 53.6 Å². The largest absolute Gasteiger partial charge is 0.321 e. The number of benzene rings is 1. The summed E-state index contributed by atoms with van der Waals surface area (Å²) in [4.78, 5) is 20.1. The van der Waals surface area contributed by atoms with Gasteiger partial charge in [-0.1, -0.05) is 18.2 Å². The van der Waals surface area contributed by atoms with Crippen LogP contribution in [0.3, 0.4) is 0 Å². The van der Waals surface area contributed by atoms with Crippen LogP contribution in [-0.2, 0) is 0 Å². The zero-order chi connectivity index (χ0) is 14.8. The van der Waals surface area contributed by atoms with E-state index in [1.165, 1.54) is 0 Å². The number of para-hydroxylation sites is 1. The standard InChI is InChI=1S/C15H13F2N3O/c16-13(17)11-8-12(20-14(19-11)9-6-7-9)15(21)18-10-4-2-1-3-5-10/h1-5,8-9,13H,6-7H2,(H,18,21). The molecule has 1 aromatic heterocycles. The molecule has 1 aliphatic rings. The Morgan fingerprint density at radius 1 is 1.19 bits per heavy atom.